The van der Waals surface area contributed by atoms with Crippen molar-refractivity contribution < 1.29 is 0 Å². The minimum Gasteiger partial charge on any atom is -0.330 e. The van der Waals surface area contributed by atoms with Crippen LogP contribution >= 0.6 is 11.8 Å². The molecule has 0 aliphatic heterocycles. The maximum Gasteiger partial charge on any atom is 0.0594 e. The number of hydrogen-bond donors (Lipinski definition) is 1. The van der Waals surface area contributed by atoms with Crippen molar-refractivity contribution in [2.75, 3.05) is 18.1 Å². The highest BCUT2D eigenvalue weighted by Crippen LogP contribution is 2.31. The van der Waals surface area contributed by atoms with Crippen LogP contribution in [0.4, 0.5) is 0 Å². The van der Waals surface area contributed by atoms with E-state index in [1.807, 2.05) is 6.20 Å². The number of aryl methyl sites for hydroxylation is 2. The lowest BCUT2D eigenvalue weighted by Gasteiger charge is -2.26. The van der Waals surface area contributed by atoms with Crippen molar-refractivity contribution in [1.29, 1.82) is 0 Å². The summed E-state index contributed by atoms with van der Waals surface area (Å²) in [5.41, 5.74) is 11.7. The van der Waals surface area contributed by atoms with E-state index in [4.69, 9.17) is 5.73 Å². The fourth-order valence-corrected chi connectivity index (χ4v) is 5.04. The summed E-state index contributed by atoms with van der Waals surface area (Å²) in [5, 5.41) is 0. The van der Waals surface area contributed by atoms with Crippen LogP contribution in [0.5, 0.6) is 0 Å². The lowest BCUT2D eigenvalue weighted by atomic mass is 9.82. The summed E-state index contributed by atoms with van der Waals surface area (Å²) in [6.45, 7) is 3.01. The second-order valence-corrected chi connectivity index (χ2v) is 8.53. The van der Waals surface area contributed by atoms with Crippen molar-refractivity contribution in [3.63, 3.8) is 0 Å². The first kappa shape index (κ1) is 19.4. The molecular formula is C22H31N3S. The van der Waals surface area contributed by atoms with Gasteiger partial charge in [-0.05, 0) is 72.3 Å². The molecule has 1 aromatic carbocycles. The summed E-state index contributed by atoms with van der Waals surface area (Å²) < 4.78 is 0. The summed E-state index contributed by atoms with van der Waals surface area (Å²) in [6.07, 6.45) is 12.6. The quantitative estimate of drug-likeness (QED) is 0.666. The van der Waals surface area contributed by atoms with Crippen LogP contribution in [0.25, 0.3) is 0 Å². The van der Waals surface area contributed by atoms with E-state index < -0.39 is 0 Å². The lowest BCUT2D eigenvalue weighted by Crippen LogP contribution is -2.18. The van der Waals surface area contributed by atoms with Gasteiger partial charge in [-0.25, -0.2) is 0 Å². The molecule has 4 heteroatoms. The van der Waals surface area contributed by atoms with Crippen LogP contribution in [-0.2, 0) is 19.3 Å². The van der Waals surface area contributed by atoms with Crippen LogP contribution < -0.4 is 5.73 Å². The molecule has 0 saturated carbocycles. The van der Waals surface area contributed by atoms with Gasteiger partial charge in [0.15, 0.2) is 0 Å². The predicted octanol–water partition coefficient (Wildman–Crippen LogP) is 4.40. The normalized spacial score (nSPS) is 17.7. The Morgan fingerprint density at radius 3 is 2.96 bits per heavy atom. The maximum absolute atomic E-state index is 5.99. The van der Waals surface area contributed by atoms with Crippen LogP contribution in [0.15, 0.2) is 36.8 Å². The first-order valence-corrected chi connectivity index (χ1v) is 11.1. The second kappa shape index (κ2) is 10.1. The Morgan fingerprint density at radius 1 is 1.27 bits per heavy atom. The molecular weight excluding hydrogens is 338 g/mol. The third-order valence-corrected chi connectivity index (χ3v) is 6.63. The van der Waals surface area contributed by atoms with Crippen molar-refractivity contribution in [3.05, 3.63) is 59.2 Å². The predicted molar refractivity (Wildman–Crippen MR) is 112 cm³/mol. The molecule has 0 fully saturated rings. The molecule has 1 unspecified atom stereocenters. The third kappa shape index (κ3) is 5.31. The SMILES string of the molecule is CCCC(CN)c1ccc2c(c1)CC[C@H](CSCCc1cnccn1)C2. The van der Waals surface area contributed by atoms with Crippen LogP contribution in [0.1, 0.15) is 54.5 Å². The molecule has 2 N–H and O–H groups in total. The standard InChI is InChI=1S/C22H31N3S/c1-2-3-21(14-23)20-7-6-18-12-17(4-5-19(18)13-20)16-26-11-8-22-15-24-9-10-25-22/h6-7,9-10,13,15,17,21H,2-5,8,11-12,14,16,23H2,1H3/t17-,21?/m0/s1. The molecule has 140 valence electrons. The number of nitrogens with two attached hydrogens (primary N) is 1. The fraction of sp³-hybridized carbons (Fsp3) is 0.545. The third-order valence-electron chi connectivity index (χ3n) is 5.43. The molecule has 1 aliphatic rings. The highest BCUT2D eigenvalue weighted by molar-refractivity contribution is 7.99. The summed E-state index contributed by atoms with van der Waals surface area (Å²) in [6, 6.07) is 7.15. The van der Waals surface area contributed by atoms with Gasteiger partial charge in [0.2, 0.25) is 0 Å². The number of hydrogen-bond acceptors (Lipinski definition) is 4. The van der Waals surface area contributed by atoms with Crippen LogP contribution in [0.3, 0.4) is 0 Å². The van der Waals surface area contributed by atoms with Crippen molar-refractivity contribution >= 4 is 11.8 Å². The Kier molecular flexibility index (Phi) is 7.51. The summed E-state index contributed by atoms with van der Waals surface area (Å²) in [4.78, 5) is 8.49. The Balaban J connectivity index is 1.48. The molecule has 3 nitrogen and oxygen atoms in total. The van der Waals surface area contributed by atoms with E-state index in [0.717, 1.165) is 30.3 Å². The lowest BCUT2D eigenvalue weighted by molar-refractivity contribution is 0.508. The van der Waals surface area contributed by atoms with Gasteiger partial charge in [0.05, 0.1) is 5.69 Å². The Bertz CT molecular complexity index is 674. The van der Waals surface area contributed by atoms with E-state index in [9.17, 15) is 0 Å². The largest absolute Gasteiger partial charge is 0.330 e. The summed E-state index contributed by atoms with van der Waals surface area (Å²) in [5.74, 6) is 3.72. The first-order chi connectivity index (χ1) is 12.8. The smallest absolute Gasteiger partial charge is 0.0594 e. The van der Waals surface area contributed by atoms with Crippen molar-refractivity contribution in [3.8, 4) is 0 Å². The van der Waals surface area contributed by atoms with Gasteiger partial charge in [-0.15, -0.1) is 0 Å². The van der Waals surface area contributed by atoms with Crippen LogP contribution in [0, 0.1) is 5.92 Å². The molecule has 1 aliphatic carbocycles. The van der Waals surface area contributed by atoms with Gasteiger partial charge in [-0.3, -0.25) is 9.97 Å². The van der Waals surface area contributed by atoms with E-state index in [1.54, 1.807) is 23.5 Å². The molecule has 0 bridgehead atoms. The highest BCUT2D eigenvalue weighted by atomic mass is 32.2. The average molecular weight is 370 g/mol. The Labute approximate surface area is 162 Å². The van der Waals surface area contributed by atoms with Gasteiger partial charge in [-0.1, -0.05) is 31.5 Å². The molecule has 3 rings (SSSR count). The number of aromatic nitrogens is 2. The van der Waals surface area contributed by atoms with Crippen molar-refractivity contribution in [2.45, 2.75) is 51.4 Å². The minimum atomic E-state index is 0.527. The van der Waals surface area contributed by atoms with E-state index >= 15 is 0 Å². The zero-order chi connectivity index (χ0) is 18.2. The molecule has 26 heavy (non-hydrogen) atoms. The van der Waals surface area contributed by atoms with Gasteiger partial charge in [0.25, 0.3) is 0 Å². The fourth-order valence-electron chi connectivity index (χ4n) is 3.90. The molecule has 0 amide bonds. The number of thioether (sulfide) groups is 1. The van der Waals surface area contributed by atoms with Crippen molar-refractivity contribution in [1.82, 2.24) is 9.97 Å². The average Bonchev–Trinajstić information content (AvgIpc) is 2.70. The Morgan fingerprint density at radius 2 is 2.19 bits per heavy atom. The van der Waals surface area contributed by atoms with E-state index in [0.29, 0.717) is 5.92 Å². The van der Waals surface area contributed by atoms with Gasteiger partial charge < -0.3 is 5.73 Å². The van der Waals surface area contributed by atoms with E-state index in [1.165, 1.54) is 43.4 Å². The van der Waals surface area contributed by atoms with Crippen molar-refractivity contribution in [2.24, 2.45) is 11.7 Å². The molecule has 2 aromatic rings. The molecule has 1 heterocycles. The van der Waals surface area contributed by atoms with Gasteiger partial charge in [0.1, 0.15) is 0 Å². The molecule has 2 atom stereocenters. The highest BCUT2D eigenvalue weighted by Gasteiger charge is 2.20. The Hall–Kier alpha value is -1.39. The monoisotopic (exact) mass is 369 g/mol. The maximum atomic E-state index is 5.99. The molecule has 0 spiro atoms. The van der Waals surface area contributed by atoms with Crippen LogP contribution in [-0.4, -0.2) is 28.0 Å². The van der Waals surface area contributed by atoms with E-state index in [-0.39, 0.29) is 0 Å². The van der Waals surface area contributed by atoms with E-state index in [2.05, 4.69) is 46.9 Å². The number of nitrogens with zero attached hydrogens (tertiary/aromatic N) is 2. The second-order valence-electron chi connectivity index (χ2n) is 7.38. The van der Waals surface area contributed by atoms with Gasteiger partial charge in [0, 0.05) is 25.0 Å². The molecule has 0 radical (unpaired) electrons. The summed E-state index contributed by atoms with van der Waals surface area (Å²) in [7, 11) is 0. The molecule has 1 aromatic heterocycles. The number of rotatable bonds is 9. The minimum absolute atomic E-state index is 0.527. The van der Waals surface area contributed by atoms with Crippen LogP contribution in [0.2, 0.25) is 0 Å². The zero-order valence-electron chi connectivity index (χ0n) is 15.9. The van der Waals surface area contributed by atoms with Gasteiger partial charge >= 0.3 is 0 Å². The number of benzene rings is 1. The zero-order valence-corrected chi connectivity index (χ0v) is 16.7. The summed E-state index contributed by atoms with van der Waals surface area (Å²) >= 11 is 2.06. The first-order valence-electron chi connectivity index (χ1n) is 9.94. The number of fused-ring (bicyclic) bond motifs is 1. The topological polar surface area (TPSA) is 51.8 Å². The van der Waals surface area contributed by atoms with Gasteiger partial charge in [-0.2, -0.15) is 11.8 Å². The molecule has 0 saturated heterocycles.